The van der Waals surface area contributed by atoms with Gasteiger partial charge in [-0.05, 0) is 50.5 Å². The lowest BCUT2D eigenvalue weighted by atomic mass is 10.0. The molecule has 6 nitrogen and oxygen atoms in total. The number of amides is 1. The lowest BCUT2D eigenvalue weighted by Crippen LogP contribution is -2.33. The molecule has 4 aromatic rings. The molecule has 0 aliphatic carbocycles. The van der Waals surface area contributed by atoms with Crippen LogP contribution in [0.2, 0.25) is 0 Å². The number of rotatable bonds is 7. The summed E-state index contributed by atoms with van der Waals surface area (Å²) in [7, 11) is 0. The van der Waals surface area contributed by atoms with Gasteiger partial charge in [-0.1, -0.05) is 56.5 Å². The van der Waals surface area contributed by atoms with Gasteiger partial charge in [0.05, 0.1) is 11.0 Å². The van der Waals surface area contributed by atoms with Gasteiger partial charge in [-0.25, -0.2) is 9.97 Å². The van der Waals surface area contributed by atoms with Crippen LogP contribution >= 0.6 is 0 Å². The number of benzene rings is 2. The van der Waals surface area contributed by atoms with Crippen LogP contribution in [0.15, 0.2) is 48.5 Å². The predicted molar refractivity (Wildman–Crippen MR) is 131 cm³/mol. The number of aromatic nitrogens is 3. The zero-order valence-corrected chi connectivity index (χ0v) is 19.2. The molecule has 1 atom stereocenters. The third-order valence-corrected chi connectivity index (χ3v) is 5.81. The van der Waals surface area contributed by atoms with Gasteiger partial charge in [0, 0.05) is 11.7 Å². The van der Waals surface area contributed by atoms with Crippen molar-refractivity contribution in [3.05, 3.63) is 59.7 Å². The quantitative estimate of drug-likeness (QED) is 0.411. The van der Waals surface area contributed by atoms with E-state index in [1.807, 2.05) is 66.9 Å². The minimum absolute atomic E-state index is 0.0480. The van der Waals surface area contributed by atoms with Crippen LogP contribution < -0.4 is 11.1 Å². The van der Waals surface area contributed by atoms with Crippen molar-refractivity contribution in [1.82, 2.24) is 19.9 Å². The summed E-state index contributed by atoms with van der Waals surface area (Å²) < 4.78 is 1.83. The van der Waals surface area contributed by atoms with Gasteiger partial charge >= 0.3 is 0 Å². The number of hydrogen-bond acceptors (Lipinski definition) is 4. The van der Waals surface area contributed by atoms with Crippen LogP contribution in [0.4, 0.5) is 5.82 Å². The third kappa shape index (κ3) is 4.31. The maximum atomic E-state index is 13.3. The second-order valence-electron chi connectivity index (χ2n) is 9.01. The molecule has 0 fully saturated rings. The number of nitrogens with two attached hydrogens (primary N) is 1. The summed E-state index contributed by atoms with van der Waals surface area (Å²) in [5.41, 5.74) is 11.6. The minimum atomic E-state index is -0.208. The Bertz CT molecular complexity index is 1260. The molecule has 1 amide bonds. The van der Waals surface area contributed by atoms with Gasteiger partial charge in [-0.15, -0.1) is 0 Å². The van der Waals surface area contributed by atoms with Crippen molar-refractivity contribution >= 4 is 33.9 Å². The number of nitrogens with zero attached hydrogens (tertiary/aromatic N) is 3. The van der Waals surface area contributed by atoms with Gasteiger partial charge in [-0.3, -0.25) is 9.36 Å². The molecular weight excluding hydrogens is 398 g/mol. The van der Waals surface area contributed by atoms with Gasteiger partial charge in [0.15, 0.2) is 5.65 Å². The molecule has 2 aromatic carbocycles. The molecule has 2 heterocycles. The summed E-state index contributed by atoms with van der Waals surface area (Å²) in [5, 5.41) is 3.12. The zero-order valence-electron chi connectivity index (χ0n) is 19.2. The molecule has 2 aromatic heterocycles. The predicted octanol–water partition coefficient (Wildman–Crippen LogP) is 5.41. The van der Waals surface area contributed by atoms with Crippen LogP contribution in [-0.4, -0.2) is 26.5 Å². The van der Waals surface area contributed by atoms with Crippen molar-refractivity contribution in [1.29, 1.82) is 0 Å². The molecule has 0 spiro atoms. The first kappa shape index (κ1) is 21.8. The van der Waals surface area contributed by atoms with Gasteiger partial charge < -0.3 is 11.1 Å². The maximum absolute atomic E-state index is 13.3. The number of carbonyl (C=O) groups excluding carboxylic acids is 1. The van der Waals surface area contributed by atoms with Crippen molar-refractivity contribution in [2.75, 3.05) is 5.73 Å². The molecule has 32 heavy (non-hydrogen) atoms. The first-order chi connectivity index (χ1) is 15.3. The Morgan fingerprint density at radius 3 is 2.31 bits per heavy atom. The van der Waals surface area contributed by atoms with E-state index in [4.69, 9.17) is 15.7 Å². The normalized spacial score (nSPS) is 12.5. The molecule has 4 rings (SSSR count). The summed E-state index contributed by atoms with van der Waals surface area (Å²) in [6.07, 6.45) is 3.14. The van der Waals surface area contributed by atoms with E-state index < -0.39 is 0 Å². The fourth-order valence-corrected chi connectivity index (χ4v) is 4.04. The number of para-hydroxylation sites is 2. The van der Waals surface area contributed by atoms with Crippen molar-refractivity contribution in [3.63, 3.8) is 0 Å². The number of carbonyl (C=O) groups is 1. The smallest absolute Gasteiger partial charge is 0.257 e. The van der Waals surface area contributed by atoms with E-state index in [2.05, 4.69) is 19.2 Å². The number of fused-ring (bicyclic) bond motifs is 2. The number of nitrogens with one attached hydrogen (secondary N) is 1. The van der Waals surface area contributed by atoms with Crippen LogP contribution in [0.1, 0.15) is 56.0 Å². The van der Waals surface area contributed by atoms with Crippen LogP contribution in [0.3, 0.4) is 0 Å². The highest BCUT2D eigenvalue weighted by atomic mass is 16.1. The van der Waals surface area contributed by atoms with E-state index in [9.17, 15) is 4.79 Å². The van der Waals surface area contributed by atoms with Crippen LogP contribution in [0.5, 0.6) is 0 Å². The molecule has 166 valence electrons. The van der Waals surface area contributed by atoms with Crippen molar-refractivity contribution < 1.29 is 4.79 Å². The lowest BCUT2D eigenvalue weighted by molar-refractivity contribution is 0.0940. The topological polar surface area (TPSA) is 85.8 Å². The Morgan fingerprint density at radius 2 is 1.66 bits per heavy atom. The molecule has 6 heteroatoms. The Morgan fingerprint density at radius 1 is 1.00 bits per heavy atom. The number of hydrogen-bond donors (Lipinski definition) is 2. The van der Waals surface area contributed by atoms with Gasteiger partial charge in [-0.2, -0.15) is 0 Å². The summed E-state index contributed by atoms with van der Waals surface area (Å²) in [5.74, 6) is 0.801. The summed E-state index contributed by atoms with van der Waals surface area (Å²) in [6, 6.07) is 15.7. The monoisotopic (exact) mass is 429 g/mol. The molecule has 0 saturated carbocycles. The largest absolute Gasteiger partial charge is 0.384 e. The molecule has 0 aliphatic rings. The van der Waals surface area contributed by atoms with Crippen LogP contribution in [0, 0.1) is 12.8 Å². The van der Waals surface area contributed by atoms with E-state index in [-0.39, 0.29) is 11.9 Å². The second-order valence-corrected chi connectivity index (χ2v) is 9.01. The first-order valence-corrected chi connectivity index (χ1v) is 11.3. The highest BCUT2D eigenvalue weighted by Crippen LogP contribution is 2.31. The summed E-state index contributed by atoms with van der Waals surface area (Å²) in [6.45, 7) is 8.50. The fourth-order valence-electron chi connectivity index (χ4n) is 4.04. The van der Waals surface area contributed by atoms with Crippen LogP contribution in [-0.2, 0) is 0 Å². The lowest BCUT2D eigenvalue weighted by Gasteiger charge is -2.14. The Balaban J connectivity index is 1.79. The number of aryl methyl sites for hydroxylation is 1. The highest BCUT2D eigenvalue weighted by Gasteiger charge is 2.25. The molecule has 0 aliphatic heterocycles. The Kier molecular flexibility index (Phi) is 6.12. The summed E-state index contributed by atoms with van der Waals surface area (Å²) in [4.78, 5) is 23.0. The molecule has 0 saturated heterocycles. The summed E-state index contributed by atoms with van der Waals surface area (Å²) >= 11 is 0. The van der Waals surface area contributed by atoms with Crippen molar-refractivity contribution in [2.24, 2.45) is 5.92 Å². The molecule has 0 radical (unpaired) electrons. The molecule has 3 N–H and O–H groups in total. The second kappa shape index (κ2) is 8.99. The van der Waals surface area contributed by atoms with Crippen molar-refractivity contribution in [2.45, 2.75) is 53.0 Å². The zero-order chi connectivity index (χ0) is 22.8. The standard InChI is InChI=1S/C26H31N5O/c1-16(2)8-7-9-18(4)28-26(32)22-23-25(30-21-11-6-5-10-20(21)29-23)31(24(22)27)19-14-12-17(3)13-15-19/h5-6,10-16,18H,7-9,27H2,1-4H3,(H,28,32)/t18-/m1/s1. The average Bonchev–Trinajstić information content (AvgIpc) is 3.03. The van der Waals surface area contributed by atoms with E-state index in [0.717, 1.165) is 41.5 Å². The van der Waals surface area contributed by atoms with Gasteiger partial charge in [0.1, 0.15) is 16.9 Å². The van der Waals surface area contributed by atoms with Crippen LogP contribution in [0.25, 0.3) is 27.9 Å². The SMILES string of the molecule is Cc1ccc(-n2c(N)c(C(=O)N[C@H](C)CCCC(C)C)c3nc4ccccc4nc32)cc1. The fraction of sp³-hybridized carbons (Fsp3) is 0.346. The van der Waals surface area contributed by atoms with E-state index >= 15 is 0 Å². The number of nitrogen functional groups attached to an aromatic ring is 1. The van der Waals surface area contributed by atoms with Gasteiger partial charge in [0.25, 0.3) is 5.91 Å². The number of anilines is 1. The molecular formula is C26H31N5O. The first-order valence-electron chi connectivity index (χ1n) is 11.3. The highest BCUT2D eigenvalue weighted by molar-refractivity contribution is 6.11. The molecule has 0 bridgehead atoms. The maximum Gasteiger partial charge on any atom is 0.257 e. The average molecular weight is 430 g/mol. The van der Waals surface area contributed by atoms with Gasteiger partial charge in [0.2, 0.25) is 0 Å². The molecule has 0 unspecified atom stereocenters. The van der Waals surface area contributed by atoms with Crippen molar-refractivity contribution in [3.8, 4) is 5.69 Å². The Hall–Kier alpha value is -3.41. The Labute approximate surface area is 188 Å². The van der Waals surface area contributed by atoms with E-state index in [1.165, 1.54) is 0 Å². The van der Waals surface area contributed by atoms with E-state index in [1.54, 1.807) is 0 Å². The van der Waals surface area contributed by atoms with E-state index in [0.29, 0.717) is 28.5 Å². The third-order valence-electron chi connectivity index (χ3n) is 5.81. The minimum Gasteiger partial charge on any atom is -0.384 e.